The standard InChI is InChI=1S/C22H18N2O10S3/c1-11-4-3-5-16-15(11)6-7-17(22(16)37(30,31)32)23-24-20-18(35-34-33-26)10-13-9-14(36(27,28)29)8-12(2)19(13)21(20)25/h3-10,25-26H,1-2H3,(H,27,28,29)(H,30,31,32). The van der Waals surface area contributed by atoms with Crippen LogP contribution in [-0.4, -0.2) is 36.3 Å². The average Bonchev–Trinajstić information content (AvgIpc) is 2.80. The smallest absolute Gasteiger partial charge is 0.297 e. The molecule has 0 aromatic heterocycles. The monoisotopic (exact) mass is 566 g/mol. The second-order valence-electron chi connectivity index (χ2n) is 7.87. The van der Waals surface area contributed by atoms with Gasteiger partial charge in [-0.05, 0) is 60.0 Å². The molecule has 4 N–H and O–H groups in total. The highest BCUT2D eigenvalue weighted by Crippen LogP contribution is 2.46. The highest BCUT2D eigenvalue weighted by molar-refractivity contribution is 7.94. The fraction of sp³-hybridized carbons (Fsp3) is 0.0909. The molecule has 0 unspecified atom stereocenters. The van der Waals surface area contributed by atoms with Gasteiger partial charge in [-0.15, -0.1) is 14.6 Å². The lowest BCUT2D eigenvalue weighted by Gasteiger charge is -2.12. The second-order valence-corrected chi connectivity index (χ2v) is 11.4. The van der Waals surface area contributed by atoms with Crippen LogP contribution in [0.3, 0.4) is 0 Å². The van der Waals surface area contributed by atoms with Crippen LogP contribution in [0.25, 0.3) is 21.5 Å². The first-order valence-electron chi connectivity index (χ1n) is 10.2. The van der Waals surface area contributed by atoms with E-state index in [4.69, 9.17) is 5.26 Å². The van der Waals surface area contributed by atoms with Crippen molar-refractivity contribution in [2.24, 2.45) is 10.2 Å². The SMILES string of the molecule is Cc1cccc2c(S(=O)(=O)O)c(N=Nc3c(SOOO)cc4cc(S(=O)(=O)O)cc(C)c4c3O)ccc12. The third kappa shape index (κ3) is 5.29. The van der Waals surface area contributed by atoms with Gasteiger partial charge in [0.15, 0.2) is 5.75 Å². The predicted molar refractivity (Wildman–Crippen MR) is 133 cm³/mol. The van der Waals surface area contributed by atoms with Crippen molar-refractivity contribution in [2.75, 3.05) is 0 Å². The summed E-state index contributed by atoms with van der Waals surface area (Å²) in [5, 5.41) is 32.2. The number of aromatic hydroxyl groups is 1. The predicted octanol–water partition coefficient (Wildman–Crippen LogP) is 5.65. The molecule has 15 heteroatoms. The van der Waals surface area contributed by atoms with Crippen LogP contribution < -0.4 is 0 Å². The molecule has 0 aliphatic heterocycles. The van der Waals surface area contributed by atoms with Gasteiger partial charge in [-0.2, -0.15) is 16.8 Å². The quantitative estimate of drug-likeness (QED) is 0.0710. The van der Waals surface area contributed by atoms with Gasteiger partial charge in [-0.1, -0.05) is 29.3 Å². The van der Waals surface area contributed by atoms with Crippen LogP contribution in [0.5, 0.6) is 5.75 Å². The van der Waals surface area contributed by atoms with Gasteiger partial charge in [0.2, 0.25) is 0 Å². The van der Waals surface area contributed by atoms with Gasteiger partial charge in [0.1, 0.15) is 16.3 Å². The Bertz CT molecular complexity index is 1800. The first kappa shape index (κ1) is 26.9. The van der Waals surface area contributed by atoms with E-state index in [0.29, 0.717) is 17.4 Å². The Morgan fingerprint density at radius 2 is 1.59 bits per heavy atom. The number of phenolic OH excluding ortho intramolecular Hbond substituents is 1. The van der Waals surface area contributed by atoms with Gasteiger partial charge < -0.3 is 5.11 Å². The summed E-state index contributed by atoms with van der Waals surface area (Å²) in [5.41, 5.74) is 0.545. The van der Waals surface area contributed by atoms with Crippen molar-refractivity contribution in [1.82, 2.24) is 0 Å². The molecular formula is C22H18N2O10S3. The minimum atomic E-state index is -4.76. The Labute approximate surface area is 214 Å². The van der Waals surface area contributed by atoms with E-state index in [1.165, 1.54) is 25.1 Å². The van der Waals surface area contributed by atoms with Gasteiger partial charge in [-0.3, -0.25) is 9.11 Å². The number of nitrogens with zero attached hydrogens (tertiary/aromatic N) is 2. The number of hydrogen-bond donors (Lipinski definition) is 4. The van der Waals surface area contributed by atoms with Crippen LogP contribution >= 0.6 is 12.0 Å². The molecule has 0 amide bonds. The van der Waals surface area contributed by atoms with E-state index in [1.54, 1.807) is 25.1 Å². The van der Waals surface area contributed by atoms with Crippen molar-refractivity contribution < 1.29 is 45.7 Å². The molecule has 0 saturated heterocycles. The fourth-order valence-electron chi connectivity index (χ4n) is 3.95. The largest absolute Gasteiger partial charge is 0.505 e. The lowest BCUT2D eigenvalue weighted by atomic mass is 10.0. The van der Waals surface area contributed by atoms with E-state index in [9.17, 15) is 31.0 Å². The Balaban J connectivity index is 1.97. The number of aryl methyl sites for hydroxylation is 2. The Hall–Kier alpha value is -3.15. The molecule has 0 bridgehead atoms. The zero-order valence-electron chi connectivity index (χ0n) is 19.0. The minimum Gasteiger partial charge on any atom is -0.505 e. The Morgan fingerprint density at radius 1 is 0.865 bits per heavy atom. The van der Waals surface area contributed by atoms with E-state index in [0.717, 1.165) is 17.7 Å². The number of azo groups is 1. The van der Waals surface area contributed by atoms with Crippen molar-refractivity contribution in [2.45, 2.75) is 28.5 Å². The highest BCUT2D eigenvalue weighted by Gasteiger charge is 2.22. The van der Waals surface area contributed by atoms with Gasteiger partial charge >= 0.3 is 0 Å². The molecule has 0 fully saturated rings. The molecule has 4 aromatic rings. The van der Waals surface area contributed by atoms with Crippen molar-refractivity contribution in [3.8, 4) is 5.75 Å². The molecule has 0 spiro atoms. The van der Waals surface area contributed by atoms with Crippen LogP contribution in [0.4, 0.5) is 11.4 Å². The molecule has 37 heavy (non-hydrogen) atoms. The van der Waals surface area contributed by atoms with E-state index < -0.39 is 35.8 Å². The van der Waals surface area contributed by atoms with Crippen LogP contribution in [0.1, 0.15) is 11.1 Å². The average molecular weight is 567 g/mol. The number of rotatable bonds is 7. The lowest BCUT2D eigenvalue weighted by Crippen LogP contribution is -2.00. The Morgan fingerprint density at radius 3 is 2.24 bits per heavy atom. The fourth-order valence-corrected chi connectivity index (χ4v) is 5.88. The lowest BCUT2D eigenvalue weighted by molar-refractivity contribution is -0.432. The van der Waals surface area contributed by atoms with Crippen molar-refractivity contribution in [1.29, 1.82) is 0 Å². The molecule has 0 radical (unpaired) electrons. The zero-order chi connectivity index (χ0) is 27.1. The summed E-state index contributed by atoms with van der Waals surface area (Å²) < 4.78 is 71.6. The van der Waals surface area contributed by atoms with Crippen molar-refractivity contribution >= 4 is 65.2 Å². The summed E-state index contributed by atoms with van der Waals surface area (Å²) in [7, 11) is -9.32. The number of benzene rings is 4. The van der Waals surface area contributed by atoms with Gasteiger partial charge in [-0.25, -0.2) is 5.26 Å². The van der Waals surface area contributed by atoms with E-state index in [-0.39, 0.29) is 38.0 Å². The van der Waals surface area contributed by atoms with Crippen LogP contribution in [0, 0.1) is 13.8 Å². The molecule has 12 nitrogen and oxygen atoms in total. The van der Waals surface area contributed by atoms with Gasteiger partial charge in [0.25, 0.3) is 20.2 Å². The van der Waals surface area contributed by atoms with Crippen LogP contribution in [0.2, 0.25) is 0 Å². The molecule has 0 aliphatic rings. The van der Waals surface area contributed by atoms with Crippen LogP contribution in [0.15, 0.2) is 73.4 Å². The zero-order valence-corrected chi connectivity index (χ0v) is 21.4. The summed E-state index contributed by atoms with van der Waals surface area (Å²) in [6.07, 6.45) is 0. The normalized spacial score (nSPS) is 12.7. The molecular weight excluding hydrogens is 548 g/mol. The van der Waals surface area contributed by atoms with E-state index in [1.807, 2.05) is 0 Å². The van der Waals surface area contributed by atoms with E-state index >= 15 is 0 Å². The molecule has 194 valence electrons. The highest BCUT2D eigenvalue weighted by atomic mass is 32.2. The van der Waals surface area contributed by atoms with Crippen molar-refractivity contribution in [3.63, 3.8) is 0 Å². The second kappa shape index (κ2) is 9.96. The summed E-state index contributed by atoms with van der Waals surface area (Å²) in [5.74, 6) is -0.491. The summed E-state index contributed by atoms with van der Waals surface area (Å²) in [4.78, 5) is -0.943. The molecule has 4 aromatic carbocycles. The molecule has 4 rings (SSSR count). The molecule has 0 atom stereocenters. The van der Waals surface area contributed by atoms with Crippen molar-refractivity contribution in [3.05, 3.63) is 59.7 Å². The number of fused-ring (bicyclic) bond motifs is 2. The molecule has 0 aliphatic carbocycles. The summed E-state index contributed by atoms with van der Waals surface area (Å²) in [6, 6.07) is 11.4. The van der Waals surface area contributed by atoms with E-state index in [2.05, 4.69) is 19.6 Å². The molecule has 0 saturated carbocycles. The number of hydrogen-bond acceptors (Lipinski definition) is 11. The Kier molecular flexibility index (Phi) is 7.24. The first-order valence-corrected chi connectivity index (χ1v) is 13.8. The van der Waals surface area contributed by atoms with Gasteiger partial charge in [0.05, 0.1) is 21.8 Å². The molecule has 0 heterocycles. The third-order valence-electron chi connectivity index (χ3n) is 5.50. The van der Waals surface area contributed by atoms with Gasteiger partial charge in [0, 0.05) is 10.8 Å². The summed E-state index contributed by atoms with van der Waals surface area (Å²) >= 11 is 0.379. The maximum absolute atomic E-state index is 12.3. The minimum absolute atomic E-state index is 0.0280. The third-order valence-corrected chi connectivity index (χ3v) is 7.89. The summed E-state index contributed by atoms with van der Waals surface area (Å²) in [6.45, 7) is 3.26. The first-order chi connectivity index (χ1) is 17.3. The maximum atomic E-state index is 12.3. The number of phenols is 1. The van der Waals surface area contributed by atoms with Crippen LogP contribution in [-0.2, 0) is 29.6 Å². The topological polar surface area (TPSA) is 192 Å². The maximum Gasteiger partial charge on any atom is 0.297 e.